The second-order valence-corrected chi connectivity index (χ2v) is 6.52. The lowest BCUT2D eigenvalue weighted by atomic mass is 9.86. The van der Waals surface area contributed by atoms with Crippen molar-refractivity contribution >= 4 is 11.5 Å². The lowest BCUT2D eigenvalue weighted by Gasteiger charge is -2.18. The van der Waals surface area contributed by atoms with Gasteiger partial charge in [0, 0.05) is 17.3 Å². The van der Waals surface area contributed by atoms with Gasteiger partial charge >= 0.3 is 0 Å². The number of ketones is 1. The van der Waals surface area contributed by atoms with Crippen LogP contribution < -0.4 is 10.5 Å². The highest BCUT2D eigenvalue weighted by molar-refractivity contribution is 6.08. The van der Waals surface area contributed by atoms with E-state index in [0.717, 1.165) is 11.3 Å². The topological polar surface area (TPSA) is 52.3 Å². The standard InChI is InChI=1S/C20H23NO2/c1-20(2,3)16-9-5-15(6-10-16)19(22)13-18(21)14-7-11-17(23-4)12-8-14/h5-13H,21H2,1-4H3/b18-13-. The average molecular weight is 309 g/mol. The van der Waals surface area contributed by atoms with Gasteiger partial charge in [-0.2, -0.15) is 0 Å². The Kier molecular flexibility index (Phi) is 4.89. The molecule has 2 aromatic carbocycles. The van der Waals surface area contributed by atoms with Crippen molar-refractivity contribution in [2.24, 2.45) is 5.73 Å². The third-order valence-corrected chi connectivity index (χ3v) is 3.75. The van der Waals surface area contributed by atoms with Crippen molar-refractivity contribution in [2.45, 2.75) is 26.2 Å². The molecular formula is C20H23NO2. The van der Waals surface area contributed by atoms with E-state index in [0.29, 0.717) is 11.3 Å². The summed E-state index contributed by atoms with van der Waals surface area (Å²) in [5.41, 5.74) is 9.16. The molecule has 0 aliphatic heterocycles. The maximum Gasteiger partial charge on any atom is 0.187 e. The molecule has 120 valence electrons. The molecule has 0 amide bonds. The van der Waals surface area contributed by atoms with Gasteiger partial charge in [0.2, 0.25) is 0 Å². The quantitative estimate of drug-likeness (QED) is 0.681. The molecule has 0 heterocycles. The summed E-state index contributed by atoms with van der Waals surface area (Å²) in [6.07, 6.45) is 1.47. The maximum atomic E-state index is 12.3. The minimum absolute atomic E-state index is 0.0690. The molecule has 0 fully saturated rings. The highest BCUT2D eigenvalue weighted by Crippen LogP contribution is 2.22. The summed E-state index contributed by atoms with van der Waals surface area (Å²) < 4.78 is 5.11. The van der Waals surface area contributed by atoms with Gasteiger partial charge in [0.15, 0.2) is 5.78 Å². The maximum absolute atomic E-state index is 12.3. The van der Waals surface area contributed by atoms with Crippen molar-refractivity contribution in [3.63, 3.8) is 0 Å². The van der Waals surface area contributed by atoms with Gasteiger partial charge in [-0.15, -0.1) is 0 Å². The van der Waals surface area contributed by atoms with Crippen LogP contribution in [0.2, 0.25) is 0 Å². The zero-order chi connectivity index (χ0) is 17.0. The Bertz CT molecular complexity index is 705. The number of hydrogen-bond acceptors (Lipinski definition) is 3. The van der Waals surface area contributed by atoms with E-state index in [4.69, 9.17) is 10.5 Å². The Morgan fingerprint density at radius 3 is 1.96 bits per heavy atom. The third kappa shape index (κ3) is 4.22. The van der Waals surface area contributed by atoms with Crippen LogP contribution in [-0.4, -0.2) is 12.9 Å². The number of hydrogen-bond donors (Lipinski definition) is 1. The van der Waals surface area contributed by atoms with Crippen molar-refractivity contribution in [1.29, 1.82) is 0 Å². The van der Waals surface area contributed by atoms with E-state index in [2.05, 4.69) is 20.8 Å². The number of rotatable bonds is 4. The predicted molar refractivity (Wildman–Crippen MR) is 94.6 cm³/mol. The van der Waals surface area contributed by atoms with Crippen molar-refractivity contribution in [2.75, 3.05) is 7.11 Å². The number of allylic oxidation sites excluding steroid dienone is 1. The van der Waals surface area contributed by atoms with E-state index in [1.807, 2.05) is 48.5 Å². The second kappa shape index (κ2) is 6.69. The van der Waals surface area contributed by atoms with Gasteiger partial charge in [-0.05, 0) is 40.8 Å². The van der Waals surface area contributed by atoms with Gasteiger partial charge in [-0.25, -0.2) is 0 Å². The molecule has 0 unspecified atom stereocenters. The summed E-state index contributed by atoms with van der Waals surface area (Å²) in [5.74, 6) is 0.657. The first-order chi connectivity index (χ1) is 10.8. The number of carbonyl (C=O) groups excluding carboxylic acids is 1. The van der Waals surface area contributed by atoms with Crippen LogP contribution in [0.3, 0.4) is 0 Å². The van der Waals surface area contributed by atoms with Crippen LogP contribution in [0.4, 0.5) is 0 Å². The number of benzene rings is 2. The summed E-state index contributed by atoms with van der Waals surface area (Å²) in [7, 11) is 1.61. The summed E-state index contributed by atoms with van der Waals surface area (Å²) in [6.45, 7) is 6.43. The molecule has 0 spiro atoms. The Balaban J connectivity index is 2.19. The first-order valence-corrected chi connectivity index (χ1v) is 7.58. The Morgan fingerprint density at radius 1 is 0.957 bits per heavy atom. The van der Waals surface area contributed by atoms with E-state index in [1.54, 1.807) is 7.11 Å². The van der Waals surface area contributed by atoms with Crippen molar-refractivity contribution in [3.8, 4) is 5.75 Å². The van der Waals surface area contributed by atoms with Crippen LogP contribution in [0.25, 0.3) is 5.70 Å². The zero-order valence-electron chi connectivity index (χ0n) is 14.1. The van der Waals surface area contributed by atoms with Crippen LogP contribution >= 0.6 is 0 Å². The molecule has 3 heteroatoms. The third-order valence-electron chi connectivity index (χ3n) is 3.75. The fraction of sp³-hybridized carbons (Fsp3) is 0.250. The van der Waals surface area contributed by atoms with Crippen LogP contribution in [0.1, 0.15) is 42.3 Å². The van der Waals surface area contributed by atoms with Gasteiger partial charge in [0.1, 0.15) is 5.75 Å². The fourth-order valence-corrected chi connectivity index (χ4v) is 2.23. The average Bonchev–Trinajstić information content (AvgIpc) is 2.54. The van der Waals surface area contributed by atoms with Crippen LogP contribution in [0, 0.1) is 0 Å². The predicted octanol–water partition coefficient (Wildman–Crippen LogP) is 4.18. The number of methoxy groups -OCH3 is 1. The number of carbonyl (C=O) groups is 1. The summed E-state index contributed by atoms with van der Waals surface area (Å²) in [4.78, 5) is 12.3. The highest BCUT2D eigenvalue weighted by Gasteiger charge is 2.14. The molecule has 0 bridgehead atoms. The largest absolute Gasteiger partial charge is 0.497 e. The van der Waals surface area contributed by atoms with Gasteiger partial charge in [-0.1, -0.05) is 45.0 Å². The summed E-state index contributed by atoms with van der Waals surface area (Å²) in [6, 6.07) is 15.0. The van der Waals surface area contributed by atoms with Crippen molar-refractivity contribution in [1.82, 2.24) is 0 Å². The lowest BCUT2D eigenvalue weighted by Crippen LogP contribution is -2.11. The second-order valence-electron chi connectivity index (χ2n) is 6.52. The SMILES string of the molecule is COc1ccc(/C(N)=C/C(=O)c2ccc(C(C)(C)C)cc2)cc1. The van der Waals surface area contributed by atoms with Crippen molar-refractivity contribution in [3.05, 3.63) is 71.3 Å². The molecule has 2 N–H and O–H groups in total. The van der Waals surface area contributed by atoms with E-state index in [-0.39, 0.29) is 11.2 Å². The monoisotopic (exact) mass is 309 g/mol. The van der Waals surface area contributed by atoms with Crippen LogP contribution in [-0.2, 0) is 5.41 Å². The zero-order valence-corrected chi connectivity index (χ0v) is 14.1. The molecular weight excluding hydrogens is 286 g/mol. The van der Waals surface area contributed by atoms with Gasteiger partial charge in [0.05, 0.1) is 7.11 Å². The number of nitrogens with two attached hydrogens (primary N) is 1. The Hall–Kier alpha value is -2.55. The van der Waals surface area contributed by atoms with E-state index < -0.39 is 0 Å². The van der Waals surface area contributed by atoms with Crippen molar-refractivity contribution < 1.29 is 9.53 Å². The summed E-state index contributed by atoms with van der Waals surface area (Å²) in [5, 5.41) is 0. The molecule has 0 radical (unpaired) electrons. The lowest BCUT2D eigenvalue weighted by molar-refractivity contribution is 0.104. The first-order valence-electron chi connectivity index (χ1n) is 7.58. The summed E-state index contributed by atoms with van der Waals surface area (Å²) >= 11 is 0. The molecule has 0 saturated carbocycles. The number of ether oxygens (including phenoxy) is 1. The Labute approximate surface area is 137 Å². The smallest absolute Gasteiger partial charge is 0.187 e. The van der Waals surface area contributed by atoms with E-state index >= 15 is 0 Å². The molecule has 0 aliphatic carbocycles. The minimum Gasteiger partial charge on any atom is -0.497 e. The molecule has 23 heavy (non-hydrogen) atoms. The molecule has 0 saturated heterocycles. The van der Waals surface area contributed by atoms with E-state index in [9.17, 15) is 4.79 Å². The van der Waals surface area contributed by atoms with Crippen LogP contribution in [0.15, 0.2) is 54.6 Å². The van der Waals surface area contributed by atoms with Gasteiger partial charge in [0.25, 0.3) is 0 Å². The van der Waals surface area contributed by atoms with Gasteiger partial charge < -0.3 is 10.5 Å². The van der Waals surface area contributed by atoms with E-state index in [1.165, 1.54) is 11.6 Å². The molecule has 2 aromatic rings. The molecule has 0 aromatic heterocycles. The first kappa shape index (κ1) is 16.8. The highest BCUT2D eigenvalue weighted by atomic mass is 16.5. The fourth-order valence-electron chi connectivity index (χ4n) is 2.23. The van der Waals surface area contributed by atoms with Gasteiger partial charge in [-0.3, -0.25) is 4.79 Å². The normalized spacial score (nSPS) is 12.1. The molecule has 0 aliphatic rings. The molecule has 0 atom stereocenters. The molecule has 2 rings (SSSR count). The minimum atomic E-state index is -0.0984. The molecule has 3 nitrogen and oxygen atoms in total. The Morgan fingerprint density at radius 2 is 1.48 bits per heavy atom. The van der Waals surface area contributed by atoms with Crippen LogP contribution in [0.5, 0.6) is 5.75 Å².